The van der Waals surface area contributed by atoms with Crippen molar-refractivity contribution in [3.8, 4) is 0 Å². The number of nitrogens with zero attached hydrogens (tertiary/aromatic N) is 2. The molecule has 2 rings (SSSR count). The van der Waals surface area contributed by atoms with Gasteiger partial charge in [-0.15, -0.1) is 0 Å². The largest absolute Gasteiger partial charge is 0.244 e. The molecule has 0 fully saturated rings. The van der Waals surface area contributed by atoms with Crippen LogP contribution in [0.4, 0.5) is 0 Å². The lowest BCUT2D eigenvalue weighted by atomic mass is 10.2. The number of rotatable bonds is 4. The van der Waals surface area contributed by atoms with Crippen LogP contribution in [0.2, 0.25) is 10.2 Å². The van der Waals surface area contributed by atoms with Gasteiger partial charge < -0.3 is 0 Å². The number of hydrogen-bond donors (Lipinski definition) is 0. The maximum Gasteiger partial charge on any atom is 0.244 e. The molecule has 4 nitrogen and oxygen atoms in total. The van der Waals surface area contributed by atoms with Crippen molar-refractivity contribution < 1.29 is 8.42 Å². The molecule has 0 aliphatic carbocycles. The highest BCUT2D eigenvalue weighted by molar-refractivity contribution is 7.89. The normalized spacial score (nSPS) is 11.8. The zero-order valence-corrected chi connectivity index (χ0v) is 13.0. The molecule has 0 aliphatic heterocycles. The summed E-state index contributed by atoms with van der Waals surface area (Å²) in [5.74, 6) is 0. The minimum atomic E-state index is -3.65. The van der Waals surface area contributed by atoms with E-state index >= 15 is 0 Å². The smallest absolute Gasteiger partial charge is 0.242 e. The van der Waals surface area contributed by atoms with E-state index in [4.69, 9.17) is 23.2 Å². The third-order valence-electron chi connectivity index (χ3n) is 2.73. The Balaban J connectivity index is 2.27. The van der Waals surface area contributed by atoms with Gasteiger partial charge in [-0.05, 0) is 11.6 Å². The second-order valence-corrected chi connectivity index (χ2v) is 7.00. The summed E-state index contributed by atoms with van der Waals surface area (Å²) in [4.78, 5) is 3.78. The molecule has 1 aromatic heterocycles. The molecule has 0 radical (unpaired) electrons. The van der Waals surface area contributed by atoms with Crippen LogP contribution in [0.5, 0.6) is 0 Å². The first-order valence-corrected chi connectivity index (χ1v) is 7.92. The second kappa shape index (κ2) is 6.10. The molecule has 0 unspecified atom stereocenters. The molecule has 20 heavy (non-hydrogen) atoms. The first kappa shape index (κ1) is 15.3. The number of hydrogen-bond acceptors (Lipinski definition) is 3. The highest BCUT2D eigenvalue weighted by Crippen LogP contribution is 2.24. The van der Waals surface area contributed by atoms with E-state index in [-0.39, 0.29) is 21.6 Å². The maximum absolute atomic E-state index is 12.4. The zero-order chi connectivity index (χ0) is 14.8. The number of benzene rings is 1. The molecular weight excluding hydrogens is 319 g/mol. The molecule has 0 saturated carbocycles. The lowest BCUT2D eigenvalue weighted by Gasteiger charge is -2.17. The van der Waals surface area contributed by atoms with Crippen molar-refractivity contribution in [2.24, 2.45) is 0 Å². The molecule has 7 heteroatoms. The molecule has 0 saturated heterocycles. The molecule has 1 aromatic carbocycles. The van der Waals surface area contributed by atoms with Gasteiger partial charge in [0, 0.05) is 19.8 Å². The summed E-state index contributed by atoms with van der Waals surface area (Å²) in [5.41, 5.74) is 0.895. The molecule has 0 N–H and O–H groups in total. The van der Waals surface area contributed by atoms with Gasteiger partial charge in [0.05, 0.1) is 5.02 Å². The van der Waals surface area contributed by atoms with Gasteiger partial charge in [0.25, 0.3) is 0 Å². The monoisotopic (exact) mass is 330 g/mol. The molecule has 1 heterocycles. The molecular formula is C13H12Cl2N2O2S. The molecule has 2 aromatic rings. The van der Waals surface area contributed by atoms with Crippen LogP contribution in [-0.4, -0.2) is 24.8 Å². The Morgan fingerprint density at radius 3 is 2.45 bits per heavy atom. The average Bonchev–Trinajstić information content (AvgIpc) is 2.42. The van der Waals surface area contributed by atoms with Gasteiger partial charge in [-0.2, -0.15) is 4.31 Å². The molecule has 0 atom stereocenters. The van der Waals surface area contributed by atoms with Crippen LogP contribution in [-0.2, 0) is 16.6 Å². The number of halogens is 2. The summed E-state index contributed by atoms with van der Waals surface area (Å²) in [6, 6.07) is 10.6. The van der Waals surface area contributed by atoms with E-state index in [1.807, 2.05) is 30.3 Å². The van der Waals surface area contributed by atoms with E-state index in [0.29, 0.717) is 0 Å². The fourth-order valence-electron chi connectivity index (χ4n) is 1.65. The fourth-order valence-corrected chi connectivity index (χ4v) is 3.12. The lowest BCUT2D eigenvalue weighted by molar-refractivity contribution is 0.466. The van der Waals surface area contributed by atoms with E-state index in [0.717, 1.165) is 5.56 Å². The summed E-state index contributed by atoms with van der Waals surface area (Å²) in [6.45, 7) is 0.267. The Morgan fingerprint density at radius 1 is 1.20 bits per heavy atom. The quantitative estimate of drug-likeness (QED) is 0.809. The van der Waals surface area contributed by atoms with Crippen LogP contribution in [0.1, 0.15) is 5.56 Å². The fraction of sp³-hybridized carbons (Fsp3) is 0.154. The summed E-state index contributed by atoms with van der Waals surface area (Å²) in [5, 5.41) is 0.192. The predicted molar refractivity (Wildman–Crippen MR) is 79.4 cm³/mol. The molecule has 0 spiro atoms. The van der Waals surface area contributed by atoms with E-state index in [9.17, 15) is 8.42 Å². The van der Waals surface area contributed by atoms with Crippen LogP contribution in [0.25, 0.3) is 0 Å². The first-order chi connectivity index (χ1) is 9.41. The van der Waals surface area contributed by atoms with E-state index in [1.54, 1.807) is 0 Å². The van der Waals surface area contributed by atoms with Crippen molar-refractivity contribution in [1.29, 1.82) is 0 Å². The molecule has 0 bridgehead atoms. The molecule has 106 valence electrons. The van der Waals surface area contributed by atoms with Crippen LogP contribution in [0.15, 0.2) is 47.5 Å². The lowest BCUT2D eigenvalue weighted by Crippen LogP contribution is -2.26. The van der Waals surface area contributed by atoms with E-state index in [2.05, 4.69) is 4.98 Å². The van der Waals surface area contributed by atoms with Crippen LogP contribution in [0, 0.1) is 0 Å². The number of aromatic nitrogens is 1. The first-order valence-electron chi connectivity index (χ1n) is 5.72. The van der Waals surface area contributed by atoms with Gasteiger partial charge in [-0.1, -0.05) is 53.5 Å². The van der Waals surface area contributed by atoms with Gasteiger partial charge in [-0.25, -0.2) is 13.4 Å². The van der Waals surface area contributed by atoms with Gasteiger partial charge in [0.2, 0.25) is 10.0 Å². The Hall–Kier alpha value is -1.14. The Labute approximate surface area is 128 Å². The minimum Gasteiger partial charge on any atom is -0.242 e. The number of pyridine rings is 1. The summed E-state index contributed by atoms with van der Waals surface area (Å²) in [7, 11) is -2.14. The zero-order valence-electron chi connectivity index (χ0n) is 10.6. The second-order valence-electron chi connectivity index (χ2n) is 4.19. The van der Waals surface area contributed by atoms with Gasteiger partial charge in [0.1, 0.15) is 10.0 Å². The van der Waals surface area contributed by atoms with Crippen molar-refractivity contribution in [1.82, 2.24) is 9.29 Å². The Bertz CT molecular complexity index is 706. The third-order valence-corrected chi connectivity index (χ3v) is 5.18. The summed E-state index contributed by atoms with van der Waals surface area (Å²) in [6.07, 6.45) is 1.20. The van der Waals surface area contributed by atoms with Crippen molar-refractivity contribution in [2.75, 3.05) is 7.05 Å². The number of sulfonamides is 1. The van der Waals surface area contributed by atoms with Gasteiger partial charge in [-0.3, -0.25) is 0 Å². The SMILES string of the molecule is CN(Cc1ccccc1)S(=O)(=O)c1cnc(Cl)c(Cl)c1. The van der Waals surface area contributed by atoms with E-state index in [1.165, 1.54) is 23.6 Å². The van der Waals surface area contributed by atoms with Crippen LogP contribution >= 0.6 is 23.2 Å². The topological polar surface area (TPSA) is 50.3 Å². The van der Waals surface area contributed by atoms with Gasteiger partial charge in [0.15, 0.2) is 0 Å². The molecule has 0 aliphatic rings. The summed E-state index contributed by atoms with van der Waals surface area (Å²) >= 11 is 11.5. The van der Waals surface area contributed by atoms with Crippen LogP contribution in [0.3, 0.4) is 0 Å². The average molecular weight is 331 g/mol. The maximum atomic E-state index is 12.4. The minimum absolute atomic E-state index is 0.0188. The van der Waals surface area contributed by atoms with Crippen molar-refractivity contribution in [3.05, 3.63) is 58.3 Å². The van der Waals surface area contributed by atoms with Gasteiger partial charge >= 0.3 is 0 Å². The third kappa shape index (κ3) is 3.30. The highest BCUT2D eigenvalue weighted by Gasteiger charge is 2.22. The summed E-state index contributed by atoms with van der Waals surface area (Å²) < 4.78 is 26.0. The standard InChI is InChI=1S/C13H12Cl2N2O2S/c1-17(9-10-5-3-2-4-6-10)20(18,19)11-7-12(14)13(15)16-8-11/h2-8H,9H2,1H3. The molecule has 0 amide bonds. The van der Waals surface area contributed by atoms with Crippen molar-refractivity contribution in [3.63, 3.8) is 0 Å². The highest BCUT2D eigenvalue weighted by atomic mass is 35.5. The van der Waals surface area contributed by atoms with Crippen molar-refractivity contribution in [2.45, 2.75) is 11.4 Å². The van der Waals surface area contributed by atoms with Crippen molar-refractivity contribution >= 4 is 33.2 Å². The van der Waals surface area contributed by atoms with E-state index < -0.39 is 10.0 Å². The van der Waals surface area contributed by atoms with Crippen LogP contribution < -0.4 is 0 Å². The Kier molecular flexibility index (Phi) is 4.65. The Morgan fingerprint density at radius 2 is 1.85 bits per heavy atom. The predicted octanol–water partition coefficient (Wildman–Crippen LogP) is 3.21.